The third-order valence-electron chi connectivity index (χ3n) is 0.129. The van der Waals surface area contributed by atoms with Gasteiger partial charge in [0.05, 0.1) is 6.61 Å². The Bertz CT molecular complexity index is 50.2. The second-order valence-electron chi connectivity index (χ2n) is 0.530. The van der Waals surface area contributed by atoms with Gasteiger partial charge in [0.1, 0.15) is 0 Å². The maximum atomic E-state index is 9.38. The molecule has 0 radical (unpaired) electrons. The first kappa shape index (κ1) is 32.4. The van der Waals surface area contributed by atoms with Crippen molar-refractivity contribution in [1.82, 2.24) is 0 Å². The van der Waals surface area contributed by atoms with Crippen molar-refractivity contribution in [2.45, 2.75) is 0 Å². The van der Waals surface area contributed by atoms with Crippen LogP contribution in [0.1, 0.15) is 0 Å². The van der Waals surface area contributed by atoms with Gasteiger partial charge in [0, 0.05) is 5.12 Å². The van der Waals surface area contributed by atoms with Crippen molar-refractivity contribution < 1.29 is 26.3 Å². The van der Waals surface area contributed by atoms with Crippen LogP contribution in [0.5, 0.6) is 0 Å². The number of hydrogen-bond donors (Lipinski definition) is 1. The summed E-state index contributed by atoms with van der Waals surface area (Å²) in [6, 6.07) is 0. The predicted molar refractivity (Wildman–Crippen MR) is 36.1 cm³/mol. The fourth-order valence-electron chi connectivity index (χ4n) is 0. The SMILES string of the molecule is O.O.O.O=C([S-])CO.[Ca+2]. The summed E-state index contributed by atoms with van der Waals surface area (Å²) in [6.45, 7) is -0.519. The predicted octanol–water partition coefficient (Wildman–Crippen LogP) is -3.80. The summed E-state index contributed by atoms with van der Waals surface area (Å²) < 4.78 is 0. The van der Waals surface area contributed by atoms with E-state index in [4.69, 9.17) is 5.11 Å². The second kappa shape index (κ2) is 23.0. The molecule has 7 heteroatoms. The van der Waals surface area contributed by atoms with Crippen LogP contribution >= 0.6 is 0 Å². The van der Waals surface area contributed by atoms with Gasteiger partial charge in [-0.15, -0.1) is 0 Å². The van der Waals surface area contributed by atoms with Crippen molar-refractivity contribution in [3.05, 3.63) is 0 Å². The molecule has 0 aromatic heterocycles. The van der Waals surface area contributed by atoms with Gasteiger partial charge in [0.25, 0.3) is 0 Å². The number of aliphatic hydroxyl groups excluding tert-OH is 1. The molecule has 0 bridgehead atoms. The summed E-state index contributed by atoms with van der Waals surface area (Å²) in [5.41, 5.74) is 0. The van der Waals surface area contributed by atoms with E-state index in [1.54, 1.807) is 0 Å². The standard InChI is InChI=1S/C2H4O2S.Ca.3H2O/c3-1-2(4)5;;;;/h3H,1H2,(H,4,5);;3*1H2/q;+2;;;/p-1. The molecule has 0 rings (SSSR count). The molecular weight excluding hydrogens is 176 g/mol. The quantitative estimate of drug-likeness (QED) is 0.331. The molecule has 0 aliphatic heterocycles. The maximum Gasteiger partial charge on any atom is 2.00 e. The Morgan fingerprint density at radius 2 is 1.44 bits per heavy atom. The Kier molecular flexibility index (Phi) is 83.0. The van der Waals surface area contributed by atoms with E-state index in [0.29, 0.717) is 0 Å². The van der Waals surface area contributed by atoms with Gasteiger partial charge in [-0.2, -0.15) is 0 Å². The van der Waals surface area contributed by atoms with Crippen molar-refractivity contribution in [2.75, 3.05) is 6.61 Å². The van der Waals surface area contributed by atoms with E-state index in [9.17, 15) is 4.79 Å². The maximum absolute atomic E-state index is 9.38. The van der Waals surface area contributed by atoms with Gasteiger partial charge >= 0.3 is 37.7 Å². The molecule has 0 fully saturated rings. The van der Waals surface area contributed by atoms with Crippen LogP contribution in [-0.2, 0) is 17.4 Å². The van der Waals surface area contributed by atoms with Crippen LogP contribution in [0.3, 0.4) is 0 Å². The van der Waals surface area contributed by atoms with Crippen LogP contribution < -0.4 is 0 Å². The van der Waals surface area contributed by atoms with Crippen molar-refractivity contribution >= 4 is 55.5 Å². The number of carbonyl (C=O) groups is 1. The molecule has 9 heavy (non-hydrogen) atoms. The summed E-state index contributed by atoms with van der Waals surface area (Å²) in [5.74, 6) is 0. The topological polar surface area (TPSA) is 132 Å². The molecule has 7 N–H and O–H groups in total. The Morgan fingerprint density at radius 1 is 1.33 bits per heavy atom. The Balaban J connectivity index is -0.0000000133. The van der Waals surface area contributed by atoms with Crippen LogP contribution in [0.2, 0.25) is 0 Å². The average Bonchev–Trinajstić information content (AvgIpc) is 1.38. The number of aliphatic hydroxyl groups is 1. The molecule has 54 valence electrons. The minimum absolute atomic E-state index is 0. The molecule has 0 aromatic rings. The molecule has 0 aromatic carbocycles. The normalized spacial score (nSPS) is 4.11. The van der Waals surface area contributed by atoms with E-state index in [1.165, 1.54) is 0 Å². The fraction of sp³-hybridized carbons (Fsp3) is 0.500. The first-order valence-electron chi connectivity index (χ1n) is 1.08. The van der Waals surface area contributed by atoms with Crippen LogP contribution in [0, 0.1) is 0 Å². The number of rotatable bonds is 1. The summed E-state index contributed by atoms with van der Waals surface area (Å²) in [5, 5.41) is 7.08. The minimum Gasteiger partial charge on any atom is -0.740 e. The van der Waals surface area contributed by atoms with E-state index in [2.05, 4.69) is 12.6 Å². The van der Waals surface area contributed by atoms with Gasteiger partial charge in [-0.05, 0) is 0 Å². The van der Waals surface area contributed by atoms with E-state index >= 15 is 0 Å². The molecule has 0 heterocycles. The molecule has 0 aliphatic rings. The van der Waals surface area contributed by atoms with Crippen LogP contribution in [-0.4, -0.2) is 71.0 Å². The van der Waals surface area contributed by atoms with E-state index in [1.807, 2.05) is 0 Å². The zero-order valence-corrected chi connectivity index (χ0v) is 7.70. The molecule has 0 atom stereocenters. The largest absolute Gasteiger partial charge is 2.00 e. The molecule has 0 saturated carbocycles. The van der Waals surface area contributed by atoms with Gasteiger partial charge in [-0.25, -0.2) is 0 Å². The van der Waals surface area contributed by atoms with Crippen molar-refractivity contribution in [3.63, 3.8) is 0 Å². The molecule has 0 unspecified atom stereocenters. The van der Waals surface area contributed by atoms with Crippen LogP contribution in [0.15, 0.2) is 0 Å². The Hall–Kier alpha value is 0.990. The van der Waals surface area contributed by atoms with Gasteiger partial charge in [0.2, 0.25) is 0 Å². The summed E-state index contributed by atoms with van der Waals surface area (Å²) >= 11 is 3.89. The van der Waals surface area contributed by atoms with E-state index < -0.39 is 11.7 Å². The molecule has 5 nitrogen and oxygen atoms in total. The van der Waals surface area contributed by atoms with Gasteiger partial charge in [0.15, 0.2) is 0 Å². The van der Waals surface area contributed by atoms with Crippen molar-refractivity contribution in [1.29, 1.82) is 0 Å². The van der Waals surface area contributed by atoms with Crippen LogP contribution in [0.4, 0.5) is 0 Å². The number of hydrogen-bond acceptors (Lipinski definition) is 3. The second-order valence-corrected chi connectivity index (χ2v) is 0.985. The molecule has 0 saturated heterocycles. The Morgan fingerprint density at radius 3 is 1.44 bits per heavy atom. The molecule has 0 spiro atoms. The first-order chi connectivity index (χ1) is 2.27. The molecule has 0 amide bonds. The molecule has 0 aliphatic carbocycles. The van der Waals surface area contributed by atoms with Crippen LogP contribution in [0.25, 0.3) is 0 Å². The summed E-state index contributed by atoms with van der Waals surface area (Å²) in [6.07, 6.45) is 0. The van der Waals surface area contributed by atoms with Crippen molar-refractivity contribution in [3.8, 4) is 0 Å². The monoisotopic (exact) mass is 185 g/mol. The van der Waals surface area contributed by atoms with Gasteiger partial charge < -0.3 is 39.0 Å². The smallest absolute Gasteiger partial charge is 0.740 e. The van der Waals surface area contributed by atoms with Gasteiger partial charge in [-0.3, -0.25) is 0 Å². The summed E-state index contributed by atoms with van der Waals surface area (Å²) in [7, 11) is 0. The third-order valence-corrected chi connectivity index (χ3v) is 0.258. The van der Waals surface area contributed by atoms with Gasteiger partial charge in [-0.1, -0.05) is 0 Å². The molecular formula is C2H9CaO5S+. The Labute approximate surface area is 87.8 Å². The average molecular weight is 185 g/mol. The zero-order valence-electron chi connectivity index (χ0n) is 4.68. The van der Waals surface area contributed by atoms with E-state index in [0.717, 1.165) is 0 Å². The minimum atomic E-state index is -0.606. The van der Waals surface area contributed by atoms with E-state index in [-0.39, 0.29) is 54.2 Å². The first-order valence-corrected chi connectivity index (χ1v) is 1.49. The third kappa shape index (κ3) is 49.1. The van der Waals surface area contributed by atoms with Crippen molar-refractivity contribution in [2.24, 2.45) is 0 Å². The fourth-order valence-corrected chi connectivity index (χ4v) is 0. The summed E-state index contributed by atoms with van der Waals surface area (Å²) in [4.78, 5) is 9.38. The zero-order chi connectivity index (χ0) is 4.28. The number of carbonyl (C=O) groups excluding carboxylic acids is 1.